The first-order chi connectivity index (χ1) is 19.6. The zero-order chi connectivity index (χ0) is 28.0. The molecule has 40 heavy (non-hydrogen) atoms. The highest BCUT2D eigenvalue weighted by Gasteiger charge is 2.16. The van der Waals surface area contributed by atoms with E-state index >= 15 is 0 Å². The van der Waals surface area contributed by atoms with Crippen LogP contribution in [0.2, 0.25) is 0 Å². The fraction of sp³-hybridized carbons (Fsp3) is 0.281. The van der Waals surface area contributed by atoms with Gasteiger partial charge in [-0.3, -0.25) is 34.3 Å². The van der Waals surface area contributed by atoms with Crippen molar-refractivity contribution >= 4 is 11.8 Å². The molecule has 0 unspecified atom stereocenters. The molecule has 3 aromatic heterocycles. The first-order valence-corrected chi connectivity index (χ1v) is 13.4. The number of carbonyl (C=O) groups excluding carboxylic acids is 2. The number of Topliss-reactive ketones (excluding diaryl/α,β-unsaturated/α-hetero) is 1. The number of hydrogen-bond acceptors (Lipinski definition) is 8. The molecule has 0 bridgehead atoms. The van der Waals surface area contributed by atoms with Crippen molar-refractivity contribution in [3.8, 4) is 0 Å². The van der Waals surface area contributed by atoms with E-state index < -0.39 is 0 Å². The van der Waals surface area contributed by atoms with Crippen LogP contribution >= 0.6 is 0 Å². The molecule has 4 aromatic rings. The lowest BCUT2D eigenvalue weighted by atomic mass is 10.0. The second-order valence-electron chi connectivity index (χ2n) is 9.67. The number of ether oxygens (including phenoxy) is 1. The molecule has 0 aliphatic carbocycles. The Bertz CT molecular complexity index is 1280. The number of ketones is 1. The molecule has 0 saturated carbocycles. The zero-order valence-electron chi connectivity index (χ0n) is 22.9. The summed E-state index contributed by atoms with van der Waals surface area (Å²) in [4.78, 5) is 42.7. The predicted molar refractivity (Wildman–Crippen MR) is 153 cm³/mol. The number of hydrogen-bond donors (Lipinski definition) is 0. The van der Waals surface area contributed by atoms with Crippen molar-refractivity contribution in [2.45, 2.75) is 32.5 Å². The van der Waals surface area contributed by atoms with Crippen LogP contribution < -0.4 is 0 Å². The van der Waals surface area contributed by atoms with Crippen LogP contribution in [-0.2, 0) is 46.8 Å². The monoisotopic (exact) mass is 537 g/mol. The number of pyridine rings is 3. The van der Waals surface area contributed by atoms with Gasteiger partial charge in [0.2, 0.25) is 0 Å². The van der Waals surface area contributed by atoms with Crippen LogP contribution in [0.1, 0.15) is 28.2 Å². The van der Waals surface area contributed by atoms with Crippen molar-refractivity contribution in [1.82, 2.24) is 24.8 Å². The lowest BCUT2D eigenvalue weighted by molar-refractivity contribution is -0.139. The number of rotatable bonds is 15. The van der Waals surface area contributed by atoms with E-state index in [-0.39, 0.29) is 18.2 Å². The van der Waals surface area contributed by atoms with Gasteiger partial charge in [-0.25, -0.2) is 0 Å². The summed E-state index contributed by atoms with van der Waals surface area (Å²) in [5.74, 6) is -0.160. The molecule has 0 atom stereocenters. The number of nitrogens with zero attached hydrogens (tertiary/aromatic N) is 5. The molecule has 0 radical (unpaired) electrons. The number of esters is 1. The van der Waals surface area contributed by atoms with Crippen molar-refractivity contribution < 1.29 is 14.3 Å². The van der Waals surface area contributed by atoms with Crippen LogP contribution in [0.3, 0.4) is 0 Å². The Morgan fingerprint density at radius 1 is 0.625 bits per heavy atom. The third kappa shape index (κ3) is 9.80. The van der Waals surface area contributed by atoms with Gasteiger partial charge in [-0.1, -0.05) is 42.5 Å². The van der Waals surface area contributed by atoms with Gasteiger partial charge in [0, 0.05) is 57.7 Å². The molecule has 0 aliphatic heterocycles. The molecule has 0 amide bonds. The molecule has 0 saturated heterocycles. The van der Waals surface area contributed by atoms with Gasteiger partial charge in [0.15, 0.2) is 5.78 Å². The van der Waals surface area contributed by atoms with Crippen molar-refractivity contribution in [3.63, 3.8) is 0 Å². The summed E-state index contributed by atoms with van der Waals surface area (Å²) in [5, 5.41) is 0. The Hall–Kier alpha value is -4.27. The van der Waals surface area contributed by atoms with E-state index in [4.69, 9.17) is 4.74 Å². The topological polar surface area (TPSA) is 88.5 Å². The molecule has 0 aliphatic rings. The molecule has 4 rings (SSSR count). The van der Waals surface area contributed by atoms with Gasteiger partial charge in [0.05, 0.1) is 37.2 Å². The van der Waals surface area contributed by atoms with Gasteiger partial charge in [-0.2, -0.15) is 0 Å². The van der Waals surface area contributed by atoms with Crippen molar-refractivity contribution in [1.29, 1.82) is 0 Å². The minimum atomic E-state index is -0.283. The number of methoxy groups -OCH3 is 1. The lowest BCUT2D eigenvalue weighted by Gasteiger charge is -2.27. The summed E-state index contributed by atoms with van der Waals surface area (Å²) >= 11 is 0. The highest BCUT2D eigenvalue weighted by molar-refractivity contribution is 5.82. The smallest absolute Gasteiger partial charge is 0.309 e. The van der Waals surface area contributed by atoms with Crippen LogP contribution in [0.15, 0.2) is 97.5 Å². The molecule has 8 nitrogen and oxygen atoms in total. The minimum absolute atomic E-state index is 0.123. The molecular formula is C32H35N5O3. The quantitative estimate of drug-likeness (QED) is 0.211. The van der Waals surface area contributed by atoms with E-state index in [9.17, 15) is 9.59 Å². The largest absolute Gasteiger partial charge is 0.469 e. The Labute approximate surface area is 235 Å². The van der Waals surface area contributed by atoms with Crippen molar-refractivity contribution in [2.24, 2.45) is 0 Å². The van der Waals surface area contributed by atoms with Gasteiger partial charge < -0.3 is 4.74 Å². The van der Waals surface area contributed by atoms with E-state index in [2.05, 4.69) is 24.8 Å². The van der Waals surface area contributed by atoms with Crippen LogP contribution in [0.5, 0.6) is 0 Å². The normalized spacial score (nSPS) is 11.1. The summed E-state index contributed by atoms with van der Waals surface area (Å²) < 4.78 is 4.73. The maximum Gasteiger partial charge on any atom is 0.309 e. The molecule has 8 heteroatoms. The summed E-state index contributed by atoms with van der Waals surface area (Å²) in [6.45, 7) is 3.66. The van der Waals surface area contributed by atoms with Gasteiger partial charge in [-0.05, 0) is 47.5 Å². The Morgan fingerprint density at radius 2 is 1.07 bits per heavy atom. The fourth-order valence-corrected chi connectivity index (χ4v) is 4.42. The second-order valence-corrected chi connectivity index (χ2v) is 9.67. The predicted octanol–water partition coefficient (Wildman–Crippen LogP) is 3.90. The highest BCUT2D eigenvalue weighted by atomic mass is 16.5. The molecule has 1 aromatic carbocycles. The van der Waals surface area contributed by atoms with Crippen LogP contribution in [-0.4, -0.2) is 63.2 Å². The summed E-state index contributed by atoms with van der Waals surface area (Å²) in [6.07, 6.45) is 5.93. The van der Waals surface area contributed by atoms with E-state index in [0.29, 0.717) is 39.1 Å². The number of aromatic nitrogens is 3. The standard InChI is InChI=1S/C32H35N5O3/c1-40-32(39)21-27-13-11-26(12-14-27)20-31(38)25-37(24-30-10-4-7-17-35-30)19-18-36(22-28-8-2-5-15-33-28)23-29-9-3-6-16-34-29/h2-17H,18-25H2,1H3. The molecule has 3 heterocycles. The van der Waals surface area contributed by atoms with E-state index in [0.717, 1.165) is 34.8 Å². The Morgan fingerprint density at radius 3 is 1.52 bits per heavy atom. The van der Waals surface area contributed by atoms with E-state index in [1.54, 1.807) is 6.20 Å². The molecule has 206 valence electrons. The minimum Gasteiger partial charge on any atom is -0.469 e. The van der Waals surface area contributed by atoms with Crippen molar-refractivity contribution in [3.05, 3.63) is 126 Å². The zero-order valence-corrected chi connectivity index (χ0v) is 22.9. The molecule has 0 N–H and O–H groups in total. The summed E-state index contributed by atoms with van der Waals surface area (Å²) in [6, 6.07) is 25.3. The first kappa shape index (κ1) is 28.7. The van der Waals surface area contributed by atoms with Crippen LogP contribution in [0.4, 0.5) is 0 Å². The lowest BCUT2D eigenvalue weighted by Crippen LogP contribution is -2.38. The third-order valence-electron chi connectivity index (χ3n) is 6.47. The summed E-state index contributed by atoms with van der Waals surface area (Å²) in [7, 11) is 1.38. The van der Waals surface area contributed by atoms with Gasteiger partial charge >= 0.3 is 5.97 Å². The Balaban J connectivity index is 1.42. The maximum atomic E-state index is 13.2. The van der Waals surface area contributed by atoms with Crippen molar-refractivity contribution in [2.75, 3.05) is 26.7 Å². The van der Waals surface area contributed by atoms with Crippen LogP contribution in [0.25, 0.3) is 0 Å². The average Bonchev–Trinajstić information content (AvgIpc) is 2.98. The Kier molecular flexibility index (Phi) is 11.0. The molecule has 0 fully saturated rings. The van der Waals surface area contributed by atoms with E-state index in [1.807, 2.05) is 91.3 Å². The molecule has 0 spiro atoms. The van der Waals surface area contributed by atoms with Gasteiger partial charge in [-0.15, -0.1) is 0 Å². The van der Waals surface area contributed by atoms with Gasteiger partial charge in [0.25, 0.3) is 0 Å². The highest BCUT2D eigenvalue weighted by Crippen LogP contribution is 2.11. The molecular weight excluding hydrogens is 502 g/mol. The first-order valence-electron chi connectivity index (χ1n) is 13.4. The summed E-state index contributed by atoms with van der Waals surface area (Å²) in [5.41, 5.74) is 4.68. The van der Waals surface area contributed by atoms with E-state index in [1.165, 1.54) is 7.11 Å². The maximum absolute atomic E-state index is 13.2. The van der Waals surface area contributed by atoms with Crippen LogP contribution in [0, 0.1) is 0 Å². The second kappa shape index (κ2) is 15.4. The fourth-order valence-electron chi connectivity index (χ4n) is 4.42. The third-order valence-corrected chi connectivity index (χ3v) is 6.47. The average molecular weight is 538 g/mol. The van der Waals surface area contributed by atoms with Gasteiger partial charge in [0.1, 0.15) is 0 Å². The number of carbonyl (C=O) groups is 2. The SMILES string of the molecule is COC(=O)Cc1ccc(CC(=O)CN(CCN(Cc2ccccn2)Cc2ccccn2)Cc2ccccn2)cc1. The number of benzene rings is 1.